The summed E-state index contributed by atoms with van der Waals surface area (Å²) in [5.41, 5.74) is -0.244. The Balaban J connectivity index is 1.43. The molecule has 1 aromatic carbocycles. The number of piperidine rings is 1. The number of carbonyl (C=O) groups is 3. The lowest BCUT2D eigenvalue weighted by molar-refractivity contribution is -0.142. The van der Waals surface area contributed by atoms with Gasteiger partial charge in [-0.1, -0.05) is 18.5 Å². The van der Waals surface area contributed by atoms with Gasteiger partial charge in [-0.25, -0.2) is 0 Å². The lowest BCUT2D eigenvalue weighted by atomic mass is 9.84. The fraction of sp³-hybridized carbons (Fsp3) is 0.591. The molecule has 0 saturated carbocycles. The summed E-state index contributed by atoms with van der Waals surface area (Å²) in [5, 5.41) is 10.4. The van der Waals surface area contributed by atoms with Crippen LogP contribution in [0.2, 0.25) is 5.02 Å². The van der Waals surface area contributed by atoms with Crippen molar-refractivity contribution in [1.82, 2.24) is 9.80 Å². The maximum absolute atomic E-state index is 12.7. The van der Waals surface area contributed by atoms with Crippen LogP contribution in [0, 0.1) is 5.92 Å². The SMILES string of the molecule is C[C@@H]1CN(C(=O)CN2CC[C@@]3(CCC2=O)CC(=O)c2cc(Cl)ccc2O3)CC[C@H]1O. The number of hydrogen-bond donors (Lipinski definition) is 1. The van der Waals surface area contributed by atoms with Gasteiger partial charge in [-0.3, -0.25) is 14.4 Å². The van der Waals surface area contributed by atoms with Crippen LogP contribution in [0.5, 0.6) is 5.75 Å². The Kier molecular flexibility index (Phi) is 5.77. The van der Waals surface area contributed by atoms with Crippen LogP contribution >= 0.6 is 11.6 Å². The van der Waals surface area contributed by atoms with E-state index in [2.05, 4.69) is 0 Å². The monoisotopic (exact) mass is 434 g/mol. The largest absolute Gasteiger partial charge is 0.486 e. The predicted molar refractivity (Wildman–Crippen MR) is 111 cm³/mol. The third-order valence-corrected chi connectivity index (χ3v) is 6.81. The Morgan fingerprint density at radius 3 is 2.87 bits per heavy atom. The fourth-order valence-electron chi connectivity index (χ4n) is 4.62. The molecule has 3 aliphatic rings. The van der Waals surface area contributed by atoms with Gasteiger partial charge < -0.3 is 19.6 Å². The molecule has 162 valence electrons. The second-order valence-corrected chi connectivity index (χ2v) is 9.20. The van der Waals surface area contributed by atoms with Gasteiger partial charge in [0.2, 0.25) is 11.8 Å². The average Bonchev–Trinajstić information content (AvgIpc) is 2.85. The molecule has 0 radical (unpaired) electrons. The summed E-state index contributed by atoms with van der Waals surface area (Å²) in [7, 11) is 0. The first-order valence-electron chi connectivity index (χ1n) is 10.5. The number of hydrogen-bond acceptors (Lipinski definition) is 5. The van der Waals surface area contributed by atoms with Crippen molar-refractivity contribution in [2.45, 2.75) is 50.7 Å². The maximum atomic E-state index is 12.7. The topological polar surface area (TPSA) is 87.2 Å². The van der Waals surface area contributed by atoms with Gasteiger partial charge in [-0.05, 0) is 37.0 Å². The van der Waals surface area contributed by atoms with Gasteiger partial charge in [0.05, 0.1) is 24.6 Å². The van der Waals surface area contributed by atoms with Crippen molar-refractivity contribution in [3.63, 3.8) is 0 Å². The summed E-state index contributed by atoms with van der Waals surface area (Å²) in [6.45, 7) is 3.33. The van der Waals surface area contributed by atoms with Gasteiger partial charge in [0.25, 0.3) is 0 Å². The molecule has 4 rings (SSSR count). The van der Waals surface area contributed by atoms with E-state index in [9.17, 15) is 19.5 Å². The number of fused-ring (bicyclic) bond motifs is 1. The number of aliphatic hydroxyl groups is 1. The number of ether oxygens (including phenoxy) is 1. The number of ketones is 1. The summed E-state index contributed by atoms with van der Waals surface area (Å²) in [4.78, 5) is 41.5. The lowest BCUT2D eigenvalue weighted by Crippen LogP contribution is -2.49. The highest BCUT2D eigenvalue weighted by Crippen LogP contribution is 2.40. The molecule has 30 heavy (non-hydrogen) atoms. The molecule has 3 aliphatic heterocycles. The van der Waals surface area contributed by atoms with Crippen LogP contribution in [0.15, 0.2) is 18.2 Å². The van der Waals surface area contributed by atoms with E-state index in [-0.39, 0.29) is 49.0 Å². The number of halogens is 1. The van der Waals surface area contributed by atoms with Gasteiger partial charge >= 0.3 is 0 Å². The van der Waals surface area contributed by atoms with Crippen molar-refractivity contribution in [2.75, 3.05) is 26.2 Å². The van der Waals surface area contributed by atoms with Crippen LogP contribution in [-0.4, -0.2) is 70.4 Å². The highest BCUT2D eigenvalue weighted by atomic mass is 35.5. The summed E-state index contributed by atoms with van der Waals surface area (Å²) >= 11 is 6.00. The second-order valence-electron chi connectivity index (χ2n) is 8.76. The highest BCUT2D eigenvalue weighted by molar-refractivity contribution is 6.31. The number of rotatable bonds is 2. The van der Waals surface area contributed by atoms with E-state index in [0.29, 0.717) is 55.2 Å². The maximum Gasteiger partial charge on any atom is 0.242 e. The molecule has 7 nitrogen and oxygen atoms in total. The Bertz CT molecular complexity index is 875. The summed E-state index contributed by atoms with van der Waals surface area (Å²) < 4.78 is 6.23. The van der Waals surface area contributed by atoms with E-state index < -0.39 is 5.60 Å². The average molecular weight is 435 g/mol. The minimum Gasteiger partial charge on any atom is -0.486 e. The molecular formula is C22H27ClN2O5. The summed E-state index contributed by atoms with van der Waals surface area (Å²) in [5.74, 6) is 0.313. The van der Waals surface area contributed by atoms with Crippen LogP contribution in [0.1, 0.15) is 49.4 Å². The zero-order valence-corrected chi connectivity index (χ0v) is 17.9. The molecule has 2 amide bonds. The molecule has 8 heteroatoms. The predicted octanol–water partition coefficient (Wildman–Crippen LogP) is 2.29. The molecule has 0 aromatic heterocycles. The van der Waals surface area contributed by atoms with E-state index in [0.717, 1.165) is 0 Å². The molecule has 1 N–H and O–H groups in total. The highest BCUT2D eigenvalue weighted by Gasteiger charge is 2.43. The van der Waals surface area contributed by atoms with Gasteiger partial charge in [-0.2, -0.15) is 0 Å². The molecule has 1 aromatic rings. The Morgan fingerprint density at radius 1 is 1.30 bits per heavy atom. The molecule has 0 aliphatic carbocycles. The zero-order chi connectivity index (χ0) is 21.5. The zero-order valence-electron chi connectivity index (χ0n) is 17.1. The van der Waals surface area contributed by atoms with Crippen molar-refractivity contribution in [1.29, 1.82) is 0 Å². The number of amides is 2. The number of aliphatic hydroxyl groups excluding tert-OH is 1. The number of carbonyl (C=O) groups excluding carboxylic acids is 3. The first-order valence-corrected chi connectivity index (χ1v) is 10.9. The third kappa shape index (κ3) is 4.18. The molecule has 3 heterocycles. The van der Waals surface area contributed by atoms with Crippen molar-refractivity contribution >= 4 is 29.2 Å². The second kappa shape index (κ2) is 8.19. The number of likely N-dealkylation sites (tertiary alicyclic amines) is 2. The van der Waals surface area contributed by atoms with Crippen LogP contribution in [0.4, 0.5) is 0 Å². The molecule has 0 bridgehead atoms. The van der Waals surface area contributed by atoms with Crippen molar-refractivity contribution in [3.05, 3.63) is 28.8 Å². The lowest BCUT2D eigenvalue weighted by Gasteiger charge is -2.37. The van der Waals surface area contributed by atoms with Crippen molar-refractivity contribution < 1.29 is 24.2 Å². The molecule has 3 atom stereocenters. The van der Waals surface area contributed by atoms with Crippen molar-refractivity contribution in [2.24, 2.45) is 5.92 Å². The normalized spacial score (nSPS) is 29.4. The molecule has 0 unspecified atom stereocenters. The first-order chi connectivity index (χ1) is 14.3. The minimum atomic E-state index is -0.727. The van der Waals surface area contributed by atoms with E-state index in [1.807, 2.05) is 6.92 Å². The molecular weight excluding hydrogens is 408 g/mol. The number of benzene rings is 1. The van der Waals surface area contributed by atoms with Crippen LogP contribution in [0.25, 0.3) is 0 Å². The quantitative estimate of drug-likeness (QED) is 0.771. The molecule has 2 fully saturated rings. The smallest absolute Gasteiger partial charge is 0.242 e. The molecule has 1 spiro atoms. The van der Waals surface area contributed by atoms with Gasteiger partial charge in [0.1, 0.15) is 11.4 Å². The van der Waals surface area contributed by atoms with Crippen LogP contribution in [-0.2, 0) is 9.59 Å². The van der Waals surface area contributed by atoms with E-state index in [1.54, 1.807) is 28.0 Å². The Morgan fingerprint density at radius 2 is 2.10 bits per heavy atom. The number of Topliss-reactive ketones (excluding diaryl/α,β-unsaturated/α-hetero) is 1. The summed E-state index contributed by atoms with van der Waals surface area (Å²) in [6.07, 6.45) is 1.55. The number of nitrogens with zero attached hydrogens (tertiary/aromatic N) is 2. The standard InChI is InChI=1S/C22H27ClN2O5/c1-14-12-24(8-5-17(14)26)21(29)13-25-9-7-22(6-4-20(25)28)11-18(27)16-10-15(23)2-3-19(16)30-22/h2-3,10,14,17,26H,4-9,11-13H2,1H3/t14-,17-,22+/m1/s1. The minimum absolute atomic E-state index is 0.0257. The summed E-state index contributed by atoms with van der Waals surface area (Å²) in [6, 6.07) is 5.02. The van der Waals surface area contributed by atoms with Gasteiger partial charge in [0, 0.05) is 37.5 Å². The van der Waals surface area contributed by atoms with E-state index in [1.165, 1.54) is 0 Å². The molecule has 2 saturated heterocycles. The third-order valence-electron chi connectivity index (χ3n) is 6.57. The van der Waals surface area contributed by atoms with E-state index in [4.69, 9.17) is 16.3 Å². The Labute approximate surface area is 180 Å². The van der Waals surface area contributed by atoms with Crippen molar-refractivity contribution in [3.8, 4) is 5.75 Å². The van der Waals surface area contributed by atoms with Crippen LogP contribution < -0.4 is 4.74 Å². The van der Waals surface area contributed by atoms with Gasteiger partial charge in [0.15, 0.2) is 5.78 Å². The first kappa shape index (κ1) is 21.1. The van der Waals surface area contributed by atoms with Gasteiger partial charge in [-0.15, -0.1) is 0 Å². The van der Waals surface area contributed by atoms with Crippen LogP contribution in [0.3, 0.4) is 0 Å². The Hall–Kier alpha value is -2.12. The fourth-order valence-corrected chi connectivity index (χ4v) is 4.79. The van der Waals surface area contributed by atoms with E-state index >= 15 is 0 Å².